The molecule has 0 aromatic heterocycles. The van der Waals surface area contributed by atoms with E-state index in [1.165, 1.54) is 0 Å². The molecular weight excluding hydrogens is 436 g/mol. The first-order valence-corrected chi connectivity index (χ1v) is 13.0. The summed E-state index contributed by atoms with van der Waals surface area (Å²) < 4.78 is 12.0. The number of carbonyl (C=O) groups excluding carboxylic acids is 3. The van der Waals surface area contributed by atoms with E-state index in [1.54, 1.807) is 22.8 Å². The maximum absolute atomic E-state index is 14.0. The van der Waals surface area contributed by atoms with E-state index in [1.807, 2.05) is 6.92 Å². The molecule has 5 atom stereocenters. The first-order valence-electron chi connectivity index (χ1n) is 13.0. The van der Waals surface area contributed by atoms with Gasteiger partial charge in [0.1, 0.15) is 17.6 Å². The molecule has 3 rings (SSSR count). The number of rotatable bonds is 14. The summed E-state index contributed by atoms with van der Waals surface area (Å²) in [6, 6.07) is -0.749. The molecule has 192 valence electrons. The number of amides is 2. The second kappa shape index (κ2) is 11.2. The van der Waals surface area contributed by atoms with Gasteiger partial charge in [-0.05, 0) is 46.0 Å². The third kappa shape index (κ3) is 4.63. The Morgan fingerprint density at radius 2 is 1.97 bits per heavy atom. The van der Waals surface area contributed by atoms with Crippen LogP contribution in [0.4, 0.5) is 0 Å². The van der Waals surface area contributed by atoms with Crippen molar-refractivity contribution in [3.05, 3.63) is 12.7 Å². The van der Waals surface area contributed by atoms with Crippen LogP contribution in [-0.4, -0.2) is 82.8 Å². The van der Waals surface area contributed by atoms with Crippen molar-refractivity contribution in [2.24, 2.45) is 11.8 Å². The second-order valence-electron chi connectivity index (χ2n) is 10.1. The van der Waals surface area contributed by atoms with Crippen molar-refractivity contribution in [2.45, 2.75) is 89.4 Å². The molecule has 8 nitrogen and oxygen atoms in total. The minimum atomic E-state index is -1.00. The van der Waals surface area contributed by atoms with E-state index >= 15 is 0 Å². The molecule has 3 aliphatic heterocycles. The molecule has 8 heteroatoms. The molecule has 1 spiro atoms. The molecule has 2 amide bonds. The smallest absolute Gasteiger partial charge is 0.312 e. The van der Waals surface area contributed by atoms with Gasteiger partial charge in [-0.3, -0.25) is 14.4 Å². The van der Waals surface area contributed by atoms with E-state index in [9.17, 15) is 14.4 Å². The Balaban J connectivity index is 1.95. The normalized spacial score (nSPS) is 31.6. The van der Waals surface area contributed by atoms with E-state index in [4.69, 9.17) is 14.6 Å². The largest absolute Gasteiger partial charge is 0.466 e. The van der Waals surface area contributed by atoms with Gasteiger partial charge in [-0.25, -0.2) is 0 Å². The number of nitrogens with zero attached hydrogens (tertiary/aromatic N) is 2. The van der Waals surface area contributed by atoms with Gasteiger partial charge in [-0.1, -0.05) is 32.3 Å². The van der Waals surface area contributed by atoms with Crippen molar-refractivity contribution in [1.82, 2.24) is 9.80 Å². The van der Waals surface area contributed by atoms with Crippen molar-refractivity contribution >= 4 is 17.8 Å². The Kier molecular flexibility index (Phi) is 8.79. The van der Waals surface area contributed by atoms with Gasteiger partial charge in [0.2, 0.25) is 11.8 Å². The quantitative estimate of drug-likeness (QED) is 0.234. The van der Waals surface area contributed by atoms with Crippen LogP contribution in [0.1, 0.15) is 72.1 Å². The van der Waals surface area contributed by atoms with Crippen LogP contribution in [-0.2, 0) is 23.9 Å². The molecule has 0 saturated carbocycles. The minimum absolute atomic E-state index is 0.117. The molecule has 0 aromatic rings. The fraction of sp³-hybridized carbons (Fsp3) is 0.808. The van der Waals surface area contributed by atoms with Gasteiger partial charge in [0.25, 0.3) is 0 Å². The Morgan fingerprint density at radius 3 is 2.62 bits per heavy atom. The number of likely N-dealkylation sites (tertiary alicyclic amines) is 1. The Hall–Kier alpha value is -1.93. The van der Waals surface area contributed by atoms with Crippen molar-refractivity contribution in [2.75, 3.05) is 32.8 Å². The molecule has 0 aliphatic carbocycles. The fourth-order valence-electron chi connectivity index (χ4n) is 6.25. The predicted octanol–water partition coefficient (Wildman–Crippen LogP) is 2.68. The summed E-state index contributed by atoms with van der Waals surface area (Å²) in [5.41, 5.74) is -1.80. The first-order chi connectivity index (χ1) is 16.3. The SMILES string of the molecule is C=CCN(CCCC)C(=O)C1N(CCCCCCO)C(=O)[C@@H]2[C@H](C(=O)OCC)[C@]3(C)CCC12O3. The number of unbranched alkanes of at least 4 members (excludes halogenated alkanes) is 4. The average molecular weight is 479 g/mol. The highest BCUT2D eigenvalue weighted by atomic mass is 16.6. The van der Waals surface area contributed by atoms with Gasteiger partial charge < -0.3 is 24.4 Å². The topological polar surface area (TPSA) is 96.4 Å². The van der Waals surface area contributed by atoms with E-state index in [0.29, 0.717) is 32.5 Å². The van der Waals surface area contributed by atoms with Crippen LogP contribution in [0.3, 0.4) is 0 Å². The lowest BCUT2D eigenvalue weighted by Gasteiger charge is -2.37. The van der Waals surface area contributed by atoms with Crippen LogP contribution in [0.25, 0.3) is 0 Å². The van der Waals surface area contributed by atoms with E-state index < -0.39 is 35.0 Å². The zero-order valence-corrected chi connectivity index (χ0v) is 21.1. The van der Waals surface area contributed by atoms with Crippen LogP contribution >= 0.6 is 0 Å². The lowest BCUT2D eigenvalue weighted by Crippen LogP contribution is -2.56. The van der Waals surface area contributed by atoms with E-state index in [2.05, 4.69) is 13.5 Å². The maximum Gasteiger partial charge on any atom is 0.312 e. The van der Waals surface area contributed by atoms with E-state index in [-0.39, 0.29) is 25.0 Å². The number of hydrogen-bond acceptors (Lipinski definition) is 6. The maximum atomic E-state index is 14.0. The summed E-state index contributed by atoms with van der Waals surface area (Å²) in [6.45, 7) is 11.4. The Morgan fingerprint density at radius 1 is 1.24 bits per heavy atom. The summed E-state index contributed by atoms with van der Waals surface area (Å²) in [7, 11) is 0. The highest BCUT2D eigenvalue weighted by molar-refractivity contribution is 5.98. The lowest BCUT2D eigenvalue weighted by atomic mass is 9.66. The molecule has 1 N–H and O–H groups in total. The van der Waals surface area contributed by atoms with Gasteiger partial charge in [-0.15, -0.1) is 6.58 Å². The van der Waals surface area contributed by atoms with Gasteiger partial charge in [0.15, 0.2) is 0 Å². The molecule has 3 aliphatic rings. The Bertz CT molecular complexity index is 772. The van der Waals surface area contributed by atoms with Crippen molar-refractivity contribution < 1.29 is 29.0 Å². The molecule has 3 saturated heterocycles. The zero-order chi connectivity index (χ0) is 24.9. The standard InChI is InChI=1S/C26H42N2O6/c1-5-8-16-27(15-6-2)23(31)21-26-14-13-25(4,34-26)20(24(32)33-7-3)19(26)22(30)28(21)17-11-9-10-12-18-29/h6,19-21,29H,2,5,7-18H2,1,3-4H3/t19-,20+,21?,25-,26?/m0/s1. The number of hydrogen-bond donors (Lipinski definition) is 1. The number of fused-ring (bicyclic) bond motifs is 1. The first kappa shape index (κ1) is 26.7. The lowest BCUT2D eigenvalue weighted by molar-refractivity contribution is -0.160. The molecule has 3 heterocycles. The summed E-state index contributed by atoms with van der Waals surface area (Å²) in [4.78, 5) is 44.4. The molecule has 0 radical (unpaired) electrons. The number of ether oxygens (including phenoxy) is 2. The number of aliphatic hydroxyl groups excluding tert-OH is 1. The number of carbonyl (C=O) groups is 3. The second-order valence-corrected chi connectivity index (χ2v) is 10.1. The Labute approximate surface area is 203 Å². The summed E-state index contributed by atoms with van der Waals surface area (Å²) in [5.74, 6) is -2.10. The van der Waals surface area contributed by atoms with Gasteiger partial charge in [-0.2, -0.15) is 0 Å². The monoisotopic (exact) mass is 478 g/mol. The summed E-state index contributed by atoms with van der Waals surface area (Å²) >= 11 is 0. The van der Waals surface area contributed by atoms with E-state index in [0.717, 1.165) is 38.5 Å². The van der Waals surface area contributed by atoms with Crippen LogP contribution in [0, 0.1) is 11.8 Å². The molecule has 3 fully saturated rings. The molecule has 34 heavy (non-hydrogen) atoms. The molecule has 0 aromatic carbocycles. The third-order valence-electron chi connectivity index (χ3n) is 7.80. The average Bonchev–Trinajstić information content (AvgIpc) is 3.37. The van der Waals surface area contributed by atoms with Crippen LogP contribution < -0.4 is 0 Å². The van der Waals surface area contributed by atoms with Crippen molar-refractivity contribution in [3.63, 3.8) is 0 Å². The molecule has 2 bridgehead atoms. The fourth-order valence-corrected chi connectivity index (χ4v) is 6.25. The third-order valence-corrected chi connectivity index (χ3v) is 7.80. The molecular formula is C26H42N2O6. The predicted molar refractivity (Wildman–Crippen MR) is 128 cm³/mol. The van der Waals surface area contributed by atoms with Crippen LogP contribution in [0.15, 0.2) is 12.7 Å². The van der Waals surface area contributed by atoms with Crippen LogP contribution in [0.5, 0.6) is 0 Å². The summed E-state index contributed by atoms with van der Waals surface area (Å²) in [6.07, 6.45) is 7.89. The van der Waals surface area contributed by atoms with Crippen molar-refractivity contribution in [1.29, 1.82) is 0 Å². The van der Waals surface area contributed by atoms with Crippen molar-refractivity contribution in [3.8, 4) is 0 Å². The number of aliphatic hydroxyl groups is 1. The summed E-state index contributed by atoms with van der Waals surface area (Å²) in [5, 5.41) is 9.06. The zero-order valence-electron chi connectivity index (χ0n) is 21.1. The minimum Gasteiger partial charge on any atom is -0.466 e. The van der Waals surface area contributed by atoms with Crippen LogP contribution in [0.2, 0.25) is 0 Å². The van der Waals surface area contributed by atoms with Gasteiger partial charge >= 0.3 is 5.97 Å². The number of esters is 1. The molecule has 2 unspecified atom stereocenters. The van der Waals surface area contributed by atoms with Gasteiger partial charge in [0.05, 0.1) is 18.1 Å². The van der Waals surface area contributed by atoms with Gasteiger partial charge in [0, 0.05) is 26.2 Å². The highest BCUT2D eigenvalue weighted by Gasteiger charge is 2.78. The highest BCUT2D eigenvalue weighted by Crippen LogP contribution is 2.63.